The predicted octanol–water partition coefficient (Wildman–Crippen LogP) is 1.76. The van der Waals surface area contributed by atoms with Crippen molar-refractivity contribution in [2.24, 2.45) is 0 Å². The second kappa shape index (κ2) is 12.0. The molecule has 1 aromatic rings. The standard InChI is InChI=1S/C5H7.C3H3N2.Ru/c1-3-5-4-2;1-2-5-3-4-1;/h1,3-5H,2H3;1-2H,(H,4,5);/q2*-1;+2/b5-4+;;. The molecule has 0 atom stereocenters. The van der Waals surface area contributed by atoms with Gasteiger partial charge < -0.3 is 9.97 Å². The monoisotopic (exact) mass is 236 g/mol. The van der Waals surface area contributed by atoms with E-state index in [1.165, 1.54) is 6.08 Å². The largest absolute Gasteiger partial charge is 2.00 e. The summed E-state index contributed by atoms with van der Waals surface area (Å²) in [5.74, 6) is 0. The van der Waals surface area contributed by atoms with Crippen molar-refractivity contribution < 1.29 is 19.5 Å². The molecule has 1 rings (SSSR count). The zero-order valence-corrected chi connectivity index (χ0v) is 8.00. The molecule has 0 radical (unpaired) electrons. The topological polar surface area (TPSA) is 28.7 Å². The van der Waals surface area contributed by atoms with Gasteiger partial charge in [0.2, 0.25) is 0 Å². The number of aromatic amines is 1. The SMILES string of the molecule is [CH-]=C/C=C/C.[Ru+2].[c-]1ncc[nH]1. The summed E-state index contributed by atoms with van der Waals surface area (Å²) >= 11 is 0. The summed E-state index contributed by atoms with van der Waals surface area (Å²) in [7, 11) is 0. The van der Waals surface area contributed by atoms with E-state index in [0.717, 1.165) is 0 Å². The van der Waals surface area contributed by atoms with Crippen LogP contribution in [0.1, 0.15) is 6.92 Å². The maximum atomic E-state index is 4.93. The summed E-state index contributed by atoms with van der Waals surface area (Å²) in [6, 6.07) is 0. The van der Waals surface area contributed by atoms with Gasteiger partial charge in [0.1, 0.15) is 0 Å². The van der Waals surface area contributed by atoms with Crippen LogP contribution in [0.15, 0.2) is 30.6 Å². The Bertz CT molecular complexity index is 151. The molecule has 0 aliphatic heterocycles. The minimum absolute atomic E-state index is 0. The van der Waals surface area contributed by atoms with Gasteiger partial charge in [-0.2, -0.15) is 6.08 Å². The van der Waals surface area contributed by atoms with Gasteiger partial charge in [-0.1, -0.05) is 6.92 Å². The van der Waals surface area contributed by atoms with E-state index < -0.39 is 0 Å². The molecule has 0 bridgehead atoms. The van der Waals surface area contributed by atoms with Crippen molar-refractivity contribution in [3.8, 4) is 0 Å². The van der Waals surface area contributed by atoms with E-state index in [-0.39, 0.29) is 19.5 Å². The number of allylic oxidation sites excluding steroid dienone is 3. The van der Waals surface area contributed by atoms with Crippen LogP contribution in [0.2, 0.25) is 0 Å². The molecule has 1 aromatic heterocycles. The zero-order valence-electron chi connectivity index (χ0n) is 6.26. The number of aromatic nitrogens is 2. The molecule has 0 unspecified atom stereocenters. The van der Waals surface area contributed by atoms with Crippen LogP contribution in [0.5, 0.6) is 0 Å². The molecule has 0 aliphatic rings. The van der Waals surface area contributed by atoms with E-state index in [2.05, 4.69) is 16.3 Å². The molecule has 0 aliphatic carbocycles. The predicted molar refractivity (Wildman–Crippen MR) is 41.1 cm³/mol. The first-order valence-electron chi connectivity index (χ1n) is 2.93. The van der Waals surface area contributed by atoms with Crippen molar-refractivity contribution in [2.75, 3.05) is 0 Å². The smallest absolute Gasteiger partial charge is 0.467 e. The summed E-state index contributed by atoms with van der Waals surface area (Å²) in [5, 5.41) is 0. The van der Waals surface area contributed by atoms with Crippen LogP contribution < -0.4 is 0 Å². The number of hydrogen-bond donors (Lipinski definition) is 1. The first kappa shape index (κ1) is 12.9. The van der Waals surface area contributed by atoms with Crippen LogP contribution in [-0.4, -0.2) is 9.97 Å². The van der Waals surface area contributed by atoms with Crippen LogP contribution >= 0.6 is 0 Å². The van der Waals surface area contributed by atoms with E-state index >= 15 is 0 Å². The van der Waals surface area contributed by atoms with Crippen molar-refractivity contribution in [3.05, 3.63) is 43.5 Å². The molecule has 0 amide bonds. The van der Waals surface area contributed by atoms with Crippen LogP contribution in [-0.2, 0) is 19.5 Å². The van der Waals surface area contributed by atoms with Crippen molar-refractivity contribution in [3.63, 3.8) is 0 Å². The number of nitrogens with zero attached hydrogens (tertiary/aromatic N) is 1. The van der Waals surface area contributed by atoms with Gasteiger partial charge in [-0.25, -0.2) is 12.2 Å². The van der Waals surface area contributed by atoms with E-state index in [0.29, 0.717) is 0 Å². The number of imidazole rings is 1. The van der Waals surface area contributed by atoms with Gasteiger partial charge in [-0.15, -0.1) is 12.4 Å². The third-order valence-electron chi connectivity index (χ3n) is 0.665. The summed E-state index contributed by atoms with van der Waals surface area (Å²) in [5.41, 5.74) is 0. The van der Waals surface area contributed by atoms with Gasteiger partial charge in [0.15, 0.2) is 0 Å². The first-order chi connectivity index (χ1) is 4.91. The van der Waals surface area contributed by atoms with Crippen molar-refractivity contribution in [2.45, 2.75) is 6.92 Å². The third kappa shape index (κ3) is 12.5. The van der Waals surface area contributed by atoms with Gasteiger partial charge in [0, 0.05) is 0 Å². The molecular weight excluding hydrogens is 225 g/mol. The third-order valence-corrected chi connectivity index (χ3v) is 0.665. The Balaban J connectivity index is 0. The second-order valence-electron chi connectivity index (χ2n) is 1.42. The zero-order chi connectivity index (χ0) is 7.66. The molecule has 60 valence electrons. The molecule has 0 fully saturated rings. The molecule has 0 saturated carbocycles. The Labute approximate surface area is 80.2 Å². The summed E-state index contributed by atoms with van der Waals surface area (Å²) in [4.78, 5) is 6.17. The van der Waals surface area contributed by atoms with E-state index in [1.54, 1.807) is 18.5 Å². The maximum absolute atomic E-state index is 4.93. The fraction of sp³-hybridized carbons (Fsp3) is 0.125. The average molecular weight is 235 g/mol. The molecule has 1 heterocycles. The fourth-order valence-corrected chi connectivity index (χ4v) is 0.297. The molecule has 11 heavy (non-hydrogen) atoms. The van der Waals surface area contributed by atoms with Crippen molar-refractivity contribution in [1.29, 1.82) is 0 Å². The normalized spacial score (nSPS) is 7.73. The number of nitrogens with one attached hydrogen (secondary N) is 1. The van der Waals surface area contributed by atoms with Crippen LogP contribution in [0, 0.1) is 12.9 Å². The van der Waals surface area contributed by atoms with Gasteiger partial charge in [-0.05, 0) is 6.33 Å². The Kier molecular flexibility index (Phi) is 14.2. The maximum Gasteiger partial charge on any atom is 2.00 e. The molecule has 2 nitrogen and oxygen atoms in total. The van der Waals surface area contributed by atoms with E-state index in [4.69, 9.17) is 6.58 Å². The molecule has 3 heteroatoms. The van der Waals surface area contributed by atoms with Gasteiger partial charge >= 0.3 is 19.5 Å². The van der Waals surface area contributed by atoms with Crippen LogP contribution in [0.3, 0.4) is 0 Å². The molecule has 0 aromatic carbocycles. The average Bonchev–Trinajstić information content (AvgIpc) is 2.44. The molecular formula is C8H10N2Ru. The minimum atomic E-state index is 0. The molecule has 1 N–H and O–H groups in total. The number of rotatable bonds is 1. The summed E-state index contributed by atoms with van der Waals surface area (Å²) in [6.07, 6.45) is 11.0. The van der Waals surface area contributed by atoms with Gasteiger partial charge in [-0.3, -0.25) is 6.58 Å². The number of hydrogen-bond acceptors (Lipinski definition) is 1. The van der Waals surface area contributed by atoms with Gasteiger partial charge in [0.05, 0.1) is 0 Å². The van der Waals surface area contributed by atoms with E-state index in [9.17, 15) is 0 Å². The Hall–Kier alpha value is -0.687. The quantitative estimate of drug-likeness (QED) is 0.448. The Morgan fingerprint density at radius 3 is 2.45 bits per heavy atom. The minimum Gasteiger partial charge on any atom is -0.467 e. The van der Waals surface area contributed by atoms with Crippen molar-refractivity contribution in [1.82, 2.24) is 9.97 Å². The Morgan fingerprint density at radius 1 is 1.64 bits per heavy atom. The van der Waals surface area contributed by atoms with Gasteiger partial charge in [0.25, 0.3) is 0 Å². The van der Waals surface area contributed by atoms with Crippen molar-refractivity contribution >= 4 is 0 Å². The van der Waals surface area contributed by atoms with Crippen LogP contribution in [0.25, 0.3) is 0 Å². The summed E-state index contributed by atoms with van der Waals surface area (Å²) in [6.45, 7) is 6.85. The molecule has 0 saturated heterocycles. The first-order valence-corrected chi connectivity index (χ1v) is 2.93. The number of H-pyrrole nitrogens is 1. The molecule has 0 spiro atoms. The van der Waals surface area contributed by atoms with Crippen LogP contribution in [0.4, 0.5) is 0 Å². The second-order valence-corrected chi connectivity index (χ2v) is 1.42. The summed E-state index contributed by atoms with van der Waals surface area (Å²) < 4.78 is 0. The van der Waals surface area contributed by atoms with E-state index in [1.807, 2.05) is 13.0 Å². The Morgan fingerprint density at radius 2 is 2.36 bits per heavy atom. The fourth-order valence-electron chi connectivity index (χ4n) is 0.297.